The van der Waals surface area contributed by atoms with Crippen molar-refractivity contribution in [3.8, 4) is 5.69 Å². The van der Waals surface area contributed by atoms with Gasteiger partial charge >= 0.3 is 5.97 Å². The summed E-state index contributed by atoms with van der Waals surface area (Å²) in [4.78, 5) is 38.2. The second-order valence-electron chi connectivity index (χ2n) is 8.90. The van der Waals surface area contributed by atoms with Crippen LogP contribution in [0.5, 0.6) is 0 Å². The number of fused-ring (bicyclic) bond motifs is 1. The molecule has 9 heteroatoms. The fourth-order valence-electron chi connectivity index (χ4n) is 4.46. The van der Waals surface area contributed by atoms with Gasteiger partial charge in [0.15, 0.2) is 5.65 Å². The van der Waals surface area contributed by atoms with Crippen LogP contribution in [-0.4, -0.2) is 69.3 Å². The van der Waals surface area contributed by atoms with Gasteiger partial charge in [0.25, 0.3) is 0 Å². The first-order valence-electron chi connectivity index (χ1n) is 12.5. The number of aromatic nitrogens is 4. The van der Waals surface area contributed by atoms with Crippen LogP contribution in [0, 0.1) is 0 Å². The minimum atomic E-state index is -0.327. The number of carbonyl (C=O) groups is 2. The number of hydrogen-bond acceptors (Lipinski definition) is 7. The zero-order chi connectivity index (χ0) is 24.8. The fraction of sp³-hybridized carbons (Fsp3) is 0.500. The molecule has 1 saturated heterocycles. The van der Waals surface area contributed by atoms with Crippen LogP contribution in [0.2, 0.25) is 0 Å². The van der Waals surface area contributed by atoms with E-state index in [1.165, 1.54) is 0 Å². The summed E-state index contributed by atoms with van der Waals surface area (Å²) in [5.74, 6) is 1.58. The molecular weight excluding hydrogens is 444 g/mol. The summed E-state index contributed by atoms with van der Waals surface area (Å²) >= 11 is 0. The third-order valence-electron chi connectivity index (χ3n) is 6.37. The molecule has 0 unspecified atom stereocenters. The number of benzene rings is 1. The van der Waals surface area contributed by atoms with Crippen molar-refractivity contribution in [1.29, 1.82) is 0 Å². The molecule has 9 nitrogen and oxygen atoms in total. The van der Waals surface area contributed by atoms with Crippen LogP contribution >= 0.6 is 0 Å². The number of anilines is 1. The lowest BCUT2D eigenvalue weighted by Gasteiger charge is -2.36. The van der Waals surface area contributed by atoms with Gasteiger partial charge in [-0.3, -0.25) is 9.59 Å². The van der Waals surface area contributed by atoms with Crippen molar-refractivity contribution in [3.05, 3.63) is 42.4 Å². The number of para-hydroxylation sites is 1. The maximum absolute atomic E-state index is 12.6. The molecule has 186 valence electrons. The van der Waals surface area contributed by atoms with Crippen LogP contribution in [0.15, 0.2) is 36.5 Å². The summed E-state index contributed by atoms with van der Waals surface area (Å²) in [5.41, 5.74) is 1.75. The number of amides is 1. The highest BCUT2D eigenvalue weighted by atomic mass is 16.5. The number of rotatable bonds is 9. The van der Waals surface area contributed by atoms with E-state index >= 15 is 0 Å². The average Bonchev–Trinajstić information content (AvgIpc) is 3.32. The van der Waals surface area contributed by atoms with E-state index in [1.54, 1.807) is 6.92 Å². The molecular formula is C26H34N6O3. The first-order valence-corrected chi connectivity index (χ1v) is 12.5. The van der Waals surface area contributed by atoms with Gasteiger partial charge in [-0.1, -0.05) is 38.5 Å². The second-order valence-corrected chi connectivity index (χ2v) is 8.90. The summed E-state index contributed by atoms with van der Waals surface area (Å²) in [6, 6.07) is 10.00. The Morgan fingerprint density at radius 2 is 1.77 bits per heavy atom. The van der Waals surface area contributed by atoms with E-state index in [1.807, 2.05) is 46.1 Å². The maximum Gasteiger partial charge on any atom is 0.306 e. The molecule has 2 aromatic heterocycles. The van der Waals surface area contributed by atoms with Crippen molar-refractivity contribution in [2.75, 3.05) is 37.7 Å². The standard InChI is InChI=1S/C26H34N6O3/c1-4-9-19(3)24-28-25(21-18-27-32(26(21)29-24)20-10-7-6-8-11-20)31-16-14-30(15-17-31)22(33)12-13-23(34)35-5-2/h6-8,10-11,18-19H,4-5,9,12-17H2,1-3H3/t19-/m1/s1. The lowest BCUT2D eigenvalue weighted by Crippen LogP contribution is -2.49. The van der Waals surface area contributed by atoms with Gasteiger partial charge in [0, 0.05) is 38.5 Å². The molecule has 0 radical (unpaired) electrons. The molecule has 3 heterocycles. The Balaban J connectivity index is 1.56. The second kappa shape index (κ2) is 11.3. The summed E-state index contributed by atoms with van der Waals surface area (Å²) in [7, 11) is 0. The van der Waals surface area contributed by atoms with Crippen molar-refractivity contribution in [1.82, 2.24) is 24.6 Å². The first kappa shape index (κ1) is 24.6. The number of carbonyl (C=O) groups excluding carboxylic acids is 2. The number of ether oxygens (including phenoxy) is 1. The van der Waals surface area contributed by atoms with E-state index in [9.17, 15) is 9.59 Å². The Kier molecular flexibility index (Phi) is 7.94. The molecule has 1 aliphatic rings. The third-order valence-corrected chi connectivity index (χ3v) is 6.37. The SMILES string of the molecule is CCC[C@@H](C)c1nc(N2CCN(C(=O)CCC(=O)OCC)CC2)c2cnn(-c3ccccc3)c2n1. The van der Waals surface area contributed by atoms with Crippen LogP contribution in [0.25, 0.3) is 16.7 Å². The van der Waals surface area contributed by atoms with E-state index in [0.717, 1.165) is 41.2 Å². The first-order chi connectivity index (χ1) is 17.0. The van der Waals surface area contributed by atoms with E-state index < -0.39 is 0 Å². The Bertz CT molecular complexity index is 1150. The van der Waals surface area contributed by atoms with Crippen molar-refractivity contribution in [2.45, 2.75) is 52.4 Å². The molecule has 0 aliphatic carbocycles. The summed E-state index contributed by atoms with van der Waals surface area (Å²) < 4.78 is 6.81. The van der Waals surface area contributed by atoms with Crippen molar-refractivity contribution in [2.24, 2.45) is 0 Å². The quantitative estimate of drug-likeness (QED) is 0.433. The van der Waals surface area contributed by atoms with E-state index in [-0.39, 0.29) is 30.6 Å². The summed E-state index contributed by atoms with van der Waals surface area (Å²) in [5, 5.41) is 5.55. The van der Waals surface area contributed by atoms with Crippen LogP contribution < -0.4 is 4.90 Å². The van der Waals surface area contributed by atoms with Gasteiger partial charge in [-0.15, -0.1) is 0 Å². The molecule has 4 rings (SSSR count). The Morgan fingerprint density at radius 3 is 2.46 bits per heavy atom. The number of esters is 1. The molecule has 0 N–H and O–H groups in total. The molecule has 1 aliphatic heterocycles. The molecule has 1 fully saturated rings. The van der Waals surface area contributed by atoms with Crippen LogP contribution in [0.1, 0.15) is 58.2 Å². The van der Waals surface area contributed by atoms with E-state index in [4.69, 9.17) is 14.7 Å². The van der Waals surface area contributed by atoms with Gasteiger partial charge in [0.05, 0.1) is 30.3 Å². The summed E-state index contributed by atoms with van der Waals surface area (Å²) in [6.07, 6.45) is 4.20. The molecule has 35 heavy (non-hydrogen) atoms. The van der Waals surface area contributed by atoms with Crippen molar-refractivity contribution in [3.63, 3.8) is 0 Å². The highest BCUT2D eigenvalue weighted by Gasteiger charge is 2.26. The van der Waals surface area contributed by atoms with Crippen molar-refractivity contribution < 1.29 is 14.3 Å². The zero-order valence-corrected chi connectivity index (χ0v) is 20.8. The molecule has 0 spiro atoms. The lowest BCUT2D eigenvalue weighted by atomic mass is 10.1. The average molecular weight is 479 g/mol. The normalized spacial score (nSPS) is 14.8. The topological polar surface area (TPSA) is 93.5 Å². The molecule has 1 amide bonds. The Hall–Kier alpha value is -3.49. The third kappa shape index (κ3) is 5.61. The van der Waals surface area contributed by atoms with Gasteiger partial charge in [-0.2, -0.15) is 5.10 Å². The molecule has 3 aromatic rings. The van der Waals surface area contributed by atoms with Gasteiger partial charge in [0.2, 0.25) is 5.91 Å². The smallest absolute Gasteiger partial charge is 0.306 e. The molecule has 0 bridgehead atoms. The maximum atomic E-state index is 12.6. The highest BCUT2D eigenvalue weighted by molar-refractivity contribution is 5.88. The molecule has 0 saturated carbocycles. The predicted molar refractivity (Wildman–Crippen MR) is 135 cm³/mol. The lowest BCUT2D eigenvalue weighted by molar-refractivity contribution is -0.145. The van der Waals surface area contributed by atoms with Gasteiger partial charge in [-0.25, -0.2) is 14.6 Å². The van der Waals surface area contributed by atoms with E-state index in [2.05, 4.69) is 23.8 Å². The molecule has 1 aromatic carbocycles. The van der Waals surface area contributed by atoms with Crippen LogP contribution in [-0.2, 0) is 14.3 Å². The van der Waals surface area contributed by atoms with E-state index in [0.29, 0.717) is 32.8 Å². The minimum absolute atomic E-state index is 0.0142. The fourth-order valence-corrected chi connectivity index (χ4v) is 4.46. The number of piperazine rings is 1. The van der Waals surface area contributed by atoms with Crippen LogP contribution in [0.3, 0.4) is 0 Å². The van der Waals surface area contributed by atoms with Crippen LogP contribution in [0.4, 0.5) is 5.82 Å². The number of nitrogens with zero attached hydrogens (tertiary/aromatic N) is 6. The van der Waals surface area contributed by atoms with Crippen molar-refractivity contribution >= 4 is 28.7 Å². The highest BCUT2D eigenvalue weighted by Crippen LogP contribution is 2.29. The van der Waals surface area contributed by atoms with Gasteiger partial charge in [-0.05, 0) is 25.5 Å². The Labute approximate surface area is 206 Å². The predicted octanol–water partition coefficient (Wildman–Crippen LogP) is 3.71. The molecule has 1 atom stereocenters. The minimum Gasteiger partial charge on any atom is -0.466 e. The zero-order valence-electron chi connectivity index (χ0n) is 20.8. The van der Waals surface area contributed by atoms with Gasteiger partial charge < -0.3 is 14.5 Å². The van der Waals surface area contributed by atoms with Gasteiger partial charge in [0.1, 0.15) is 11.6 Å². The number of hydrogen-bond donors (Lipinski definition) is 0. The Morgan fingerprint density at radius 1 is 1.03 bits per heavy atom. The largest absolute Gasteiger partial charge is 0.466 e. The summed E-state index contributed by atoms with van der Waals surface area (Å²) in [6.45, 7) is 8.92. The monoisotopic (exact) mass is 478 g/mol.